The summed E-state index contributed by atoms with van der Waals surface area (Å²) in [4.78, 5) is 10.1. The average Bonchev–Trinajstić information content (AvgIpc) is 2.43. The fraction of sp³-hybridized carbons (Fsp3) is 0.0769. The zero-order valence-corrected chi connectivity index (χ0v) is 12.7. The lowest BCUT2D eigenvalue weighted by Gasteiger charge is -2.12. The summed E-state index contributed by atoms with van der Waals surface area (Å²) in [5, 5.41) is 11.3. The molecule has 0 heterocycles. The molecule has 0 amide bonds. The second-order valence-electron chi connectivity index (χ2n) is 4.05. The molecule has 0 aliphatic carbocycles. The highest BCUT2D eigenvalue weighted by Crippen LogP contribution is 2.40. The van der Waals surface area contributed by atoms with Crippen molar-refractivity contribution >= 4 is 40.5 Å². The van der Waals surface area contributed by atoms with E-state index in [2.05, 4.69) is 0 Å². The summed E-state index contributed by atoms with van der Waals surface area (Å²) >= 11 is 17.8. The predicted molar refractivity (Wildman–Crippen MR) is 82.5 cm³/mol. The zero-order valence-electron chi connectivity index (χ0n) is 10.5. The van der Waals surface area contributed by atoms with Gasteiger partial charge in [-0.3, -0.25) is 10.1 Å². The summed E-state index contributed by atoms with van der Waals surface area (Å²) in [5.41, 5.74) is 6.06. The monoisotopic (exact) mass is 346 g/mol. The van der Waals surface area contributed by atoms with Crippen LogP contribution in [0, 0.1) is 10.1 Å². The molecule has 8 heteroatoms. The third-order valence-corrected chi connectivity index (χ3v) is 3.44. The number of hydrogen-bond acceptors (Lipinski definition) is 4. The molecule has 2 N–H and O–H groups in total. The summed E-state index contributed by atoms with van der Waals surface area (Å²) in [6.07, 6.45) is 0. The molecule has 2 aromatic carbocycles. The lowest BCUT2D eigenvalue weighted by molar-refractivity contribution is -0.384. The Labute approximate surface area is 135 Å². The van der Waals surface area contributed by atoms with Crippen molar-refractivity contribution in [2.45, 2.75) is 6.54 Å². The van der Waals surface area contributed by atoms with Crippen molar-refractivity contribution < 1.29 is 9.66 Å². The van der Waals surface area contributed by atoms with E-state index in [0.717, 1.165) is 0 Å². The lowest BCUT2D eigenvalue weighted by Crippen LogP contribution is -2.00. The van der Waals surface area contributed by atoms with Crippen molar-refractivity contribution in [2.24, 2.45) is 5.73 Å². The Kier molecular flexibility index (Phi) is 4.90. The van der Waals surface area contributed by atoms with Gasteiger partial charge in [0.15, 0.2) is 5.75 Å². The number of hydrogen-bond donors (Lipinski definition) is 1. The summed E-state index contributed by atoms with van der Waals surface area (Å²) in [5.74, 6) is 0.556. The quantitative estimate of drug-likeness (QED) is 0.636. The number of non-ortho nitro benzene ring substituents is 1. The topological polar surface area (TPSA) is 78.4 Å². The zero-order chi connectivity index (χ0) is 15.6. The largest absolute Gasteiger partial charge is 0.454 e. The fourth-order valence-corrected chi connectivity index (χ4v) is 2.41. The third-order valence-electron chi connectivity index (χ3n) is 2.65. The Hall–Kier alpha value is -1.53. The molecule has 0 aliphatic rings. The van der Waals surface area contributed by atoms with E-state index < -0.39 is 4.92 Å². The Bertz CT molecular complexity index is 684. The molecule has 0 atom stereocenters. The maximum Gasteiger partial charge on any atom is 0.272 e. The third kappa shape index (κ3) is 3.57. The minimum absolute atomic E-state index is 0.0344. The molecule has 5 nitrogen and oxygen atoms in total. The van der Waals surface area contributed by atoms with Crippen LogP contribution >= 0.6 is 34.8 Å². The molecule has 0 fully saturated rings. The van der Waals surface area contributed by atoms with E-state index in [1.165, 1.54) is 12.1 Å². The fourth-order valence-electron chi connectivity index (χ4n) is 1.67. The molecule has 0 aromatic heterocycles. The van der Waals surface area contributed by atoms with Crippen LogP contribution in [-0.4, -0.2) is 4.92 Å². The number of benzene rings is 2. The lowest BCUT2D eigenvalue weighted by atomic mass is 10.2. The van der Waals surface area contributed by atoms with Crippen LogP contribution in [0.4, 0.5) is 5.69 Å². The van der Waals surface area contributed by atoms with Crippen LogP contribution in [0.25, 0.3) is 0 Å². The molecular formula is C13H9Cl3N2O3. The van der Waals surface area contributed by atoms with Gasteiger partial charge in [-0.05, 0) is 18.2 Å². The maximum atomic E-state index is 10.7. The SMILES string of the molecule is NCc1cc(Cl)ccc1Oc1c(Cl)cc([N+](=O)[O-])cc1Cl. The number of rotatable bonds is 4. The first-order valence-electron chi connectivity index (χ1n) is 5.72. The van der Waals surface area contributed by atoms with Crippen molar-refractivity contribution in [3.05, 3.63) is 61.1 Å². The maximum absolute atomic E-state index is 10.7. The van der Waals surface area contributed by atoms with Gasteiger partial charge < -0.3 is 10.5 Å². The second-order valence-corrected chi connectivity index (χ2v) is 5.30. The number of nitrogens with two attached hydrogens (primary N) is 1. The molecule has 2 rings (SSSR count). The molecule has 0 aliphatic heterocycles. The van der Waals surface area contributed by atoms with Gasteiger partial charge in [0.2, 0.25) is 0 Å². The first kappa shape index (κ1) is 15.9. The first-order valence-corrected chi connectivity index (χ1v) is 6.85. The van der Waals surface area contributed by atoms with E-state index in [9.17, 15) is 10.1 Å². The molecule has 0 unspecified atom stereocenters. The van der Waals surface area contributed by atoms with Crippen molar-refractivity contribution in [3.8, 4) is 11.5 Å². The van der Waals surface area contributed by atoms with Gasteiger partial charge in [0.1, 0.15) is 5.75 Å². The molecule has 110 valence electrons. The molecule has 2 aromatic rings. The van der Waals surface area contributed by atoms with Gasteiger partial charge in [0.25, 0.3) is 5.69 Å². The number of nitro benzene ring substituents is 1. The Morgan fingerprint density at radius 1 is 1.14 bits per heavy atom. The first-order chi connectivity index (χ1) is 9.92. The molecule has 0 radical (unpaired) electrons. The van der Waals surface area contributed by atoms with Gasteiger partial charge >= 0.3 is 0 Å². The molecule has 0 saturated heterocycles. The number of ether oxygens (including phenoxy) is 1. The Morgan fingerprint density at radius 3 is 2.29 bits per heavy atom. The van der Waals surface area contributed by atoms with E-state index in [1.54, 1.807) is 18.2 Å². The van der Waals surface area contributed by atoms with Crippen LogP contribution in [0.15, 0.2) is 30.3 Å². The van der Waals surface area contributed by atoms with E-state index in [-0.39, 0.29) is 28.0 Å². The number of halogens is 3. The van der Waals surface area contributed by atoms with E-state index in [4.69, 9.17) is 45.3 Å². The van der Waals surface area contributed by atoms with Crippen molar-refractivity contribution in [3.63, 3.8) is 0 Å². The van der Waals surface area contributed by atoms with Gasteiger partial charge in [-0.1, -0.05) is 34.8 Å². The van der Waals surface area contributed by atoms with Gasteiger partial charge in [0, 0.05) is 29.3 Å². The minimum Gasteiger partial charge on any atom is -0.454 e. The van der Waals surface area contributed by atoms with Gasteiger partial charge in [0.05, 0.1) is 15.0 Å². The van der Waals surface area contributed by atoms with E-state index in [0.29, 0.717) is 16.3 Å². The highest BCUT2D eigenvalue weighted by molar-refractivity contribution is 6.37. The van der Waals surface area contributed by atoms with Crippen LogP contribution in [0.3, 0.4) is 0 Å². The van der Waals surface area contributed by atoms with Crippen LogP contribution in [0.1, 0.15) is 5.56 Å². The Balaban J connectivity index is 2.43. The predicted octanol–water partition coefficient (Wildman–Crippen LogP) is 4.81. The normalized spacial score (nSPS) is 10.5. The molecule has 21 heavy (non-hydrogen) atoms. The van der Waals surface area contributed by atoms with Gasteiger partial charge in [-0.15, -0.1) is 0 Å². The van der Waals surface area contributed by atoms with E-state index >= 15 is 0 Å². The Morgan fingerprint density at radius 2 is 1.76 bits per heavy atom. The van der Waals surface area contributed by atoms with Crippen LogP contribution in [-0.2, 0) is 6.54 Å². The summed E-state index contributed by atoms with van der Waals surface area (Å²) < 4.78 is 5.63. The van der Waals surface area contributed by atoms with Crippen LogP contribution in [0.2, 0.25) is 15.1 Å². The summed E-state index contributed by atoms with van der Waals surface area (Å²) in [6.45, 7) is 0.206. The molecule has 0 saturated carbocycles. The molecule has 0 bridgehead atoms. The van der Waals surface area contributed by atoms with Crippen LogP contribution in [0.5, 0.6) is 11.5 Å². The van der Waals surface area contributed by atoms with E-state index in [1.807, 2.05) is 0 Å². The van der Waals surface area contributed by atoms with Crippen molar-refractivity contribution in [2.75, 3.05) is 0 Å². The smallest absolute Gasteiger partial charge is 0.272 e. The van der Waals surface area contributed by atoms with Crippen molar-refractivity contribution in [1.82, 2.24) is 0 Å². The standard InChI is InChI=1S/C13H9Cl3N2O3/c14-8-1-2-12(7(3-8)6-17)21-13-10(15)4-9(18(19)20)5-11(13)16/h1-5H,6,17H2. The highest BCUT2D eigenvalue weighted by atomic mass is 35.5. The minimum atomic E-state index is -0.588. The number of nitro groups is 1. The summed E-state index contributed by atoms with van der Waals surface area (Å²) in [6, 6.07) is 7.24. The van der Waals surface area contributed by atoms with Gasteiger partial charge in [-0.2, -0.15) is 0 Å². The number of nitrogens with zero attached hydrogens (tertiary/aromatic N) is 1. The van der Waals surface area contributed by atoms with Crippen LogP contribution < -0.4 is 10.5 Å². The highest BCUT2D eigenvalue weighted by Gasteiger charge is 2.17. The molecular weight excluding hydrogens is 339 g/mol. The van der Waals surface area contributed by atoms with Gasteiger partial charge in [-0.25, -0.2) is 0 Å². The van der Waals surface area contributed by atoms with Crippen molar-refractivity contribution in [1.29, 1.82) is 0 Å². The summed E-state index contributed by atoms with van der Waals surface area (Å²) in [7, 11) is 0. The second kappa shape index (κ2) is 6.49. The molecule has 0 spiro atoms. The average molecular weight is 348 g/mol.